The zero-order chi connectivity index (χ0) is 13.8. The molecule has 20 heavy (non-hydrogen) atoms. The fourth-order valence-corrected chi connectivity index (χ4v) is 1.81. The molecule has 0 atom stereocenters. The minimum absolute atomic E-state index is 0.245. The fraction of sp³-hybridized carbons (Fsp3) is 0.0714. The Morgan fingerprint density at radius 1 is 1.15 bits per heavy atom. The number of hydrogen-bond acceptors (Lipinski definition) is 4. The fourth-order valence-electron chi connectivity index (χ4n) is 1.81. The number of H-pyrrole nitrogens is 1. The minimum Gasteiger partial charge on any atom is -0.338 e. The number of nitrogens with one attached hydrogen (secondary N) is 2. The summed E-state index contributed by atoms with van der Waals surface area (Å²) in [6.45, 7) is 0. The van der Waals surface area contributed by atoms with Crippen molar-refractivity contribution in [3.05, 3.63) is 66.1 Å². The van der Waals surface area contributed by atoms with Crippen LogP contribution in [0.25, 0.3) is 0 Å². The molecule has 0 saturated heterocycles. The molecule has 0 bridgehead atoms. The van der Waals surface area contributed by atoms with Crippen LogP contribution in [-0.2, 0) is 6.42 Å². The van der Waals surface area contributed by atoms with E-state index in [-0.39, 0.29) is 5.82 Å². The van der Waals surface area contributed by atoms with Crippen molar-refractivity contribution in [2.75, 3.05) is 5.32 Å². The summed E-state index contributed by atoms with van der Waals surface area (Å²) in [6, 6.07) is 8.11. The van der Waals surface area contributed by atoms with E-state index in [0.717, 1.165) is 11.3 Å². The summed E-state index contributed by atoms with van der Waals surface area (Å²) < 4.78 is 12.9. The van der Waals surface area contributed by atoms with Crippen LogP contribution in [0.1, 0.15) is 11.4 Å². The summed E-state index contributed by atoms with van der Waals surface area (Å²) in [5, 5.41) is 9.68. The van der Waals surface area contributed by atoms with E-state index in [4.69, 9.17) is 0 Å². The number of aromatic nitrogens is 4. The molecule has 2 heterocycles. The molecule has 3 aromatic rings. The van der Waals surface area contributed by atoms with Crippen LogP contribution in [0.15, 0.2) is 48.9 Å². The van der Waals surface area contributed by atoms with Gasteiger partial charge in [0, 0.05) is 18.8 Å². The highest BCUT2D eigenvalue weighted by atomic mass is 19.1. The van der Waals surface area contributed by atoms with Crippen LogP contribution >= 0.6 is 0 Å². The molecule has 2 N–H and O–H groups in total. The molecule has 1 aromatic carbocycles. The molecule has 2 aromatic heterocycles. The number of hydrogen-bond donors (Lipinski definition) is 2. The summed E-state index contributed by atoms with van der Waals surface area (Å²) in [5.41, 5.74) is 1.79. The summed E-state index contributed by atoms with van der Waals surface area (Å²) >= 11 is 0. The largest absolute Gasteiger partial charge is 0.338 e. The van der Waals surface area contributed by atoms with Gasteiger partial charge in [-0.05, 0) is 23.8 Å². The molecule has 0 aliphatic rings. The predicted octanol–water partition coefficient (Wildman–Crippen LogP) is 2.67. The summed E-state index contributed by atoms with van der Waals surface area (Å²) in [7, 11) is 0. The van der Waals surface area contributed by atoms with Gasteiger partial charge in [-0.2, -0.15) is 5.10 Å². The van der Waals surface area contributed by atoms with E-state index in [2.05, 4.69) is 25.5 Å². The lowest BCUT2D eigenvalue weighted by Crippen LogP contribution is -2.00. The normalized spacial score (nSPS) is 10.4. The Bertz CT molecular complexity index is 679. The lowest BCUT2D eigenvalue weighted by molar-refractivity contribution is 0.627. The summed E-state index contributed by atoms with van der Waals surface area (Å²) in [6.07, 6.45) is 5.65. The van der Waals surface area contributed by atoms with Crippen molar-refractivity contribution in [1.29, 1.82) is 0 Å². The first kappa shape index (κ1) is 12.3. The van der Waals surface area contributed by atoms with E-state index in [1.807, 2.05) is 0 Å². The first-order chi connectivity index (χ1) is 9.79. The van der Waals surface area contributed by atoms with Gasteiger partial charge in [-0.15, -0.1) is 0 Å². The van der Waals surface area contributed by atoms with Crippen molar-refractivity contribution in [3.8, 4) is 0 Å². The second-order valence-corrected chi connectivity index (χ2v) is 4.27. The molecule has 0 unspecified atom stereocenters. The molecular weight excluding hydrogens is 257 g/mol. The third kappa shape index (κ3) is 2.97. The number of rotatable bonds is 4. The van der Waals surface area contributed by atoms with Crippen LogP contribution < -0.4 is 5.32 Å². The first-order valence-corrected chi connectivity index (χ1v) is 6.12. The molecule has 0 fully saturated rings. The van der Waals surface area contributed by atoms with Gasteiger partial charge in [0.25, 0.3) is 0 Å². The molecule has 6 heteroatoms. The molecule has 0 aliphatic heterocycles. The van der Waals surface area contributed by atoms with Gasteiger partial charge in [0.2, 0.25) is 0 Å². The van der Waals surface area contributed by atoms with E-state index in [9.17, 15) is 4.39 Å². The van der Waals surface area contributed by atoms with Crippen molar-refractivity contribution in [1.82, 2.24) is 20.2 Å². The monoisotopic (exact) mass is 269 g/mol. The second-order valence-electron chi connectivity index (χ2n) is 4.27. The topological polar surface area (TPSA) is 66.5 Å². The SMILES string of the molecule is Fc1ccc(Cc2nccc(Nc3cn[nH]c3)n2)cc1. The van der Waals surface area contributed by atoms with Crippen LogP contribution in [0.2, 0.25) is 0 Å². The van der Waals surface area contributed by atoms with Crippen molar-refractivity contribution < 1.29 is 4.39 Å². The molecule has 5 nitrogen and oxygen atoms in total. The van der Waals surface area contributed by atoms with Gasteiger partial charge in [-0.25, -0.2) is 14.4 Å². The highest BCUT2D eigenvalue weighted by Gasteiger charge is 2.02. The predicted molar refractivity (Wildman–Crippen MR) is 73.1 cm³/mol. The number of benzene rings is 1. The molecule has 0 spiro atoms. The Hall–Kier alpha value is -2.76. The Morgan fingerprint density at radius 3 is 2.75 bits per heavy atom. The average Bonchev–Trinajstić information content (AvgIpc) is 2.95. The maximum absolute atomic E-state index is 12.9. The van der Waals surface area contributed by atoms with Gasteiger partial charge in [0.05, 0.1) is 11.9 Å². The van der Waals surface area contributed by atoms with Crippen LogP contribution in [0, 0.1) is 5.82 Å². The van der Waals surface area contributed by atoms with E-state index < -0.39 is 0 Å². The van der Waals surface area contributed by atoms with Crippen LogP contribution in [0.5, 0.6) is 0 Å². The van der Waals surface area contributed by atoms with Gasteiger partial charge in [0.15, 0.2) is 0 Å². The second kappa shape index (κ2) is 5.48. The van der Waals surface area contributed by atoms with Gasteiger partial charge in [-0.3, -0.25) is 5.10 Å². The zero-order valence-corrected chi connectivity index (χ0v) is 10.5. The average molecular weight is 269 g/mol. The van der Waals surface area contributed by atoms with Gasteiger partial charge >= 0.3 is 0 Å². The molecule has 0 saturated carbocycles. The highest BCUT2D eigenvalue weighted by Crippen LogP contribution is 2.13. The van der Waals surface area contributed by atoms with Gasteiger partial charge in [-0.1, -0.05) is 12.1 Å². The molecule has 100 valence electrons. The van der Waals surface area contributed by atoms with Crippen molar-refractivity contribution in [3.63, 3.8) is 0 Å². The zero-order valence-electron chi connectivity index (χ0n) is 10.5. The van der Waals surface area contributed by atoms with Crippen molar-refractivity contribution >= 4 is 11.5 Å². The number of anilines is 2. The van der Waals surface area contributed by atoms with Crippen molar-refractivity contribution in [2.45, 2.75) is 6.42 Å². The van der Waals surface area contributed by atoms with Crippen LogP contribution in [0.3, 0.4) is 0 Å². The highest BCUT2D eigenvalue weighted by molar-refractivity contribution is 5.53. The van der Waals surface area contributed by atoms with Crippen molar-refractivity contribution in [2.24, 2.45) is 0 Å². The van der Waals surface area contributed by atoms with E-state index >= 15 is 0 Å². The lowest BCUT2D eigenvalue weighted by Gasteiger charge is -2.05. The summed E-state index contributed by atoms with van der Waals surface area (Å²) in [5.74, 6) is 1.12. The van der Waals surface area contributed by atoms with Gasteiger partial charge < -0.3 is 5.32 Å². The molecule has 3 rings (SSSR count). The Balaban J connectivity index is 1.75. The quantitative estimate of drug-likeness (QED) is 0.764. The van der Waals surface area contributed by atoms with E-state index in [0.29, 0.717) is 18.1 Å². The maximum atomic E-state index is 12.9. The lowest BCUT2D eigenvalue weighted by atomic mass is 10.1. The first-order valence-electron chi connectivity index (χ1n) is 6.12. The number of nitrogens with zero attached hydrogens (tertiary/aromatic N) is 3. The van der Waals surface area contributed by atoms with Gasteiger partial charge in [0.1, 0.15) is 17.5 Å². The third-order valence-electron chi connectivity index (χ3n) is 2.75. The smallest absolute Gasteiger partial charge is 0.135 e. The number of halogens is 1. The Labute approximate surface area is 114 Å². The minimum atomic E-state index is -0.245. The number of aromatic amines is 1. The Kier molecular flexibility index (Phi) is 3.36. The van der Waals surface area contributed by atoms with Crippen LogP contribution in [-0.4, -0.2) is 20.2 Å². The maximum Gasteiger partial charge on any atom is 0.135 e. The Morgan fingerprint density at radius 2 is 2.00 bits per heavy atom. The van der Waals surface area contributed by atoms with E-state index in [1.165, 1.54) is 12.1 Å². The van der Waals surface area contributed by atoms with Crippen LogP contribution in [0.4, 0.5) is 15.9 Å². The standard InChI is InChI=1S/C14H12FN5/c15-11-3-1-10(2-4-11)7-14-16-6-5-13(20-14)19-12-8-17-18-9-12/h1-6,8-9H,7H2,(H,17,18)(H,16,19,20). The summed E-state index contributed by atoms with van der Waals surface area (Å²) in [4.78, 5) is 8.63. The molecule has 0 amide bonds. The molecule has 0 radical (unpaired) electrons. The molecule has 0 aliphatic carbocycles. The third-order valence-corrected chi connectivity index (χ3v) is 2.75. The molecular formula is C14H12FN5. The van der Waals surface area contributed by atoms with E-state index in [1.54, 1.807) is 36.8 Å².